The maximum atomic E-state index is 13.0. The van der Waals surface area contributed by atoms with E-state index < -0.39 is 5.24 Å². The van der Waals surface area contributed by atoms with Gasteiger partial charge in [0.25, 0.3) is 11.1 Å². The SMILES string of the molecule is CN(C)C1(CN)CCOCC1.COc1cc(C(=O)Cl)cc(OC)c1OCc1ccccc1.COc1cc(C(=O)NCC2(N(C)C)CCOCC2)cc(OC)c1OCc1ccccc1. The molecule has 14 nitrogen and oxygen atoms in total. The maximum absolute atomic E-state index is 13.0. The van der Waals surface area contributed by atoms with Gasteiger partial charge in [-0.05, 0) is 101 Å². The van der Waals surface area contributed by atoms with Crippen molar-refractivity contribution in [1.82, 2.24) is 15.1 Å². The Bertz CT molecular complexity index is 1960. The summed E-state index contributed by atoms with van der Waals surface area (Å²) >= 11 is 5.50. The number of carbonyl (C=O) groups is 2. The molecule has 0 saturated carbocycles. The molecule has 0 bridgehead atoms. The summed E-state index contributed by atoms with van der Waals surface area (Å²) in [5, 5.41) is 2.50. The van der Waals surface area contributed by atoms with Crippen molar-refractivity contribution in [2.45, 2.75) is 50.0 Å². The van der Waals surface area contributed by atoms with Crippen LogP contribution in [0.5, 0.6) is 34.5 Å². The van der Waals surface area contributed by atoms with E-state index in [1.165, 1.54) is 26.4 Å². The molecule has 2 heterocycles. The van der Waals surface area contributed by atoms with Gasteiger partial charge in [0.15, 0.2) is 23.0 Å². The number of ether oxygens (including phenoxy) is 8. The van der Waals surface area contributed by atoms with E-state index in [2.05, 4.69) is 29.2 Å². The number of nitrogens with two attached hydrogens (primary N) is 1. The van der Waals surface area contributed by atoms with Crippen molar-refractivity contribution >= 4 is 22.8 Å². The van der Waals surface area contributed by atoms with Gasteiger partial charge < -0.3 is 58.7 Å². The fourth-order valence-corrected chi connectivity index (χ4v) is 7.32. The minimum Gasteiger partial charge on any atom is -0.493 e. The summed E-state index contributed by atoms with van der Waals surface area (Å²) in [5.74, 6) is 2.43. The van der Waals surface area contributed by atoms with Crippen LogP contribution in [0.3, 0.4) is 0 Å². The molecule has 2 aliphatic heterocycles. The predicted octanol–water partition coefficient (Wildman–Crippen LogP) is 6.84. The number of hydrogen-bond acceptors (Lipinski definition) is 13. The van der Waals surface area contributed by atoms with Crippen molar-refractivity contribution in [3.8, 4) is 34.5 Å². The van der Waals surface area contributed by atoms with Crippen molar-refractivity contribution in [2.75, 3.05) is 96.1 Å². The number of rotatable bonds is 17. The Morgan fingerprint density at radius 3 is 1.30 bits per heavy atom. The van der Waals surface area contributed by atoms with E-state index in [-0.39, 0.29) is 22.5 Å². The van der Waals surface area contributed by atoms with E-state index in [0.29, 0.717) is 73.0 Å². The Kier molecular flexibility index (Phi) is 20.3. The first-order valence-corrected chi connectivity index (χ1v) is 21.3. The van der Waals surface area contributed by atoms with Crippen LogP contribution in [0, 0.1) is 0 Å². The van der Waals surface area contributed by atoms with Gasteiger partial charge in [0.05, 0.1) is 28.4 Å². The molecular weight excluding hydrogens is 828 g/mol. The topological polar surface area (TPSA) is 153 Å². The van der Waals surface area contributed by atoms with E-state index >= 15 is 0 Å². The van der Waals surface area contributed by atoms with E-state index in [4.69, 9.17) is 55.2 Å². The highest BCUT2D eigenvalue weighted by atomic mass is 35.5. The lowest BCUT2D eigenvalue weighted by molar-refractivity contribution is -0.00658. The van der Waals surface area contributed by atoms with E-state index in [1.807, 2.05) is 74.8 Å². The molecule has 0 radical (unpaired) electrons. The van der Waals surface area contributed by atoms with Gasteiger partial charge in [0.2, 0.25) is 11.5 Å². The second kappa shape index (κ2) is 25.3. The van der Waals surface area contributed by atoms with Crippen molar-refractivity contribution in [3.05, 3.63) is 107 Å². The third-order valence-electron chi connectivity index (χ3n) is 11.6. The van der Waals surface area contributed by atoms with Crippen LogP contribution in [0.15, 0.2) is 84.9 Å². The van der Waals surface area contributed by atoms with E-state index in [0.717, 1.165) is 56.6 Å². The number of hydrogen-bond donors (Lipinski definition) is 2. The molecule has 2 aliphatic rings. The average molecular weight is 894 g/mol. The van der Waals surface area contributed by atoms with E-state index in [1.54, 1.807) is 26.4 Å². The van der Waals surface area contributed by atoms with Gasteiger partial charge in [-0.2, -0.15) is 0 Å². The second-order valence-electron chi connectivity index (χ2n) is 15.6. The first-order valence-electron chi connectivity index (χ1n) is 20.9. The third kappa shape index (κ3) is 14.2. The maximum Gasteiger partial charge on any atom is 0.252 e. The molecule has 15 heteroatoms. The summed E-state index contributed by atoms with van der Waals surface area (Å²) in [6.45, 7) is 5.12. The van der Waals surface area contributed by atoms with Crippen molar-refractivity contribution in [2.24, 2.45) is 5.73 Å². The molecule has 3 N–H and O–H groups in total. The third-order valence-corrected chi connectivity index (χ3v) is 11.8. The molecule has 0 unspecified atom stereocenters. The molecule has 1 amide bonds. The highest BCUT2D eigenvalue weighted by Gasteiger charge is 2.35. The lowest BCUT2D eigenvalue weighted by Crippen LogP contribution is -2.55. The minimum absolute atomic E-state index is 0.110. The number of nitrogens with one attached hydrogen (secondary N) is 1. The van der Waals surface area contributed by atoms with Crippen LogP contribution in [-0.2, 0) is 22.7 Å². The predicted molar refractivity (Wildman–Crippen MR) is 245 cm³/mol. The quantitative estimate of drug-likeness (QED) is 0.107. The van der Waals surface area contributed by atoms with Crippen molar-refractivity contribution in [1.29, 1.82) is 0 Å². The fraction of sp³-hybridized carbons (Fsp3) is 0.458. The Morgan fingerprint density at radius 1 is 0.619 bits per heavy atom. The number of methoxy groups -OCH3 is 4. The molecule has 344 valence electrons. The van der Waals surface area contributed by atoms with Gasteiger partial charge in [0, 0.05) is 61.7 Å². The van der Waals surface area contributed by atoms with Gasteiger partial charge in [-0.15, -0.1) is 0 Å². The number of benzene rings is 4. The van der Waals surface area contributed by atoms with Crippen LogP contribution in [0.25, 0.3) is 0 Å². The van der Waals surface area contributed by atoms with Gasteiger partial charge in [-0.1, -0.05) is 60.7 Å². The Labute approximate surface area is 377 Å². The highest BCUT2D eigenvalue weighted by Crippen LogP contribution is 2.40. The largest absolute Gasteiger partial charge is 0.493 e. The van der Waals surface area contributed by atoms with Crippen LogP contribution >= 0.6 is 11.6 Å². The monoisotopic (exact) mass is 892 g/mol. The molecule has 63 heavy (non-hydrogen) atoms. The summed E-state index contributed by atoms with van der Waals surface area (Å²) in [6, 6.07) is 26.0. The summed E-state index contributed by atoms with van der Waals surface area (Å²) in [5.41, 5.74) is 8.63. The van der Waals surface area contributed by atoms with Crippen LogP contribution < -0.4 is 39.5 Å². The van der Waals surface area contributed by atoms with Gasteiger partial charge >= 0.3 is 0 Å². The molecule has 4 aromatic rings. The van der Waals surface area contributed by atoms with Crippen LogP contribution in [0.4, 0.5) is 0 Å². The standard InChI is InChI=1S/C24H32N2O5.C16H15ClO4.C8H18N2O/c1-26(2)24(10-12-30-13-11-24)17-25-23(27)19-14-20(28-3)22(21(15-19)29-4)31-16-18-8-6-5-7-9-18;1-19-13-8-12(16(17)18)9-14(20-2)15(13)21-10-11-6-4-3-5-7-11;1-10(2)8(7-9)3-5-11-6-4-8/h5-9,14-15H,10-13,16-17H2,1-4H3,(H,25,27);3-9H,10H2,1-2H3;3-7,9H2,1-2H3. The average Bonchev–Trinajstić information content (AvgIpc) is 3.32. The summed E-state index contributed by atoms with van der Waals surface area (Å²) in [4.78, 5) is 28.7. The van der Waals surface area contributed by atoms with E-state index in [9.17, 15) is 9.59 Å². The lowest BCUT2D eigenvalue weighted by Gasteiger charge is -2.42. The van der Waals surface area contributed by atoms with Crippen LogP contribution in [0.2, 0.25) is 0 Å². The first-order chi connectivity index (χ1) is 30.3. The Morgan fingerprint density at radius 2 is 0.984 bits per heavy atom. The highest BCUT2D eigenvalue weighted by molar-refractivity contribution is 6.67. The minimum atomic E-state index is -0.582. The number of halogens is 1. The molecule has 6 rings (SSSR count). The van der Waals surface area contributed by atoms with Gasteiger partial charge in [-0.3, -0.25) is 9.59 Å². The Hall–Kier alpha value is -5.09. The molecule has 2 saturated heterocycles. The number of carbonyl (C=O) groups excluding carboxylic acids is 2. The van der Waals surface area contributed by atoms with Crippen molar-refractivity contribution in [3.63, 3.8) is 0 Å². The lowest BCUT2D eigenvalue weighted by atomic mass is 9.88. The smallest absolute Gasteiger partial charge is 0.252 e. The molecule has 0 spiro atoms. The van der Waals surface area contributed by atoms with Crippen LogP contribution in [-0.4, -0.2) is 128 Å². The van der Waals surface area contributed by atoms with Gasteiger partial charge in [-0.25, -0.2) is 0 Å². The molecule has 0 aliphatic carbocycles. The summed E-state index contributed by atoms with van der Waals surface area (Å²) in [6.07, 6.45) is 3.88. The molecule has 0 aromatic heterocycles. The summed E-state index contributed by atoms with van der Waals surface area (Å²) in [7, 11) is 14.4. The summed E-state index contributed by atoms with van der Waals surface area (Å²) < 4.78 is 44.1. The molecule has 0 atom stereocenters. The Balaban J connectivity index is 0.000000233. The first kappa shape index (κ1) is 50.6. The zero-order valence-electron chi connectivity index (χ0n) is 38.0. The van der Waals surface area contributed by atoms with Gasteiger partial charge in [0.1, 0.15) is 13.2 Å². The number of nitrogens with zero attached hydrogens (tertiary/aromatic N) is 2. The fourth-order valence-electron chi connectivity index (χ4n) is 7.21. The van der Waals surface area contributed by atoms with Crippen molar-refractivity contribution < 1.29 is 47.5 Å². The van der Waals surface area contributed by atoms with Crippen LogP contribution in [0.1, 0.15) is 57.5 Å². The molecule has 4 aromatic carbocycles. The normalized spacial score (nSPS) is 15.1. The number of amides is 1. The second-order valence-corrected chi connectivity index (χ2v) is 15.9. The zero-order chi connectivity index (χ0) is 45.8. The zero-order valence-corrected chi connectivity index (χ0v) is 38.8. The molecule has 2 fully saturated rings. The molecular formula is C48H65ClN4O10. The number of likely N-dealkylation sites (N-methyl/N-ethyl adjacent to an activating group) is 2.